The Morgan fingerprint density at radius 2 is 1.79 bits per heavy atom. The van der Waals surface area contributed by atoms with Gasteiger partial charge in [-0.05, 0) is 35.6 Å². The van der Waals surface area contributed by atoms with Gasteiger partial charge in [0, 0.05) is 13.0 Å². The second kappa shape index (κ2) is 11.0. The van der Waals surface area contributed by atoms with Crippen LogP contribution in [0, 0.1) is 0 Å². The van der Waals surface area contributed by atoms with E-state index in [1.165, 1.54) is 16.9 Å². The van der Waals surface area contributed by atoms with Crippen molar-refractivity contribution in [2.24, 2.45) is 0 Å². The Balaban J connectivity index is 1.61. The summed E-state index contributed by atoms with van der Waals surface area (Å²) < 4.78 is 5.44. The van der Waals surface area contributed by atoms with Gasteiger partial charge in [-0.1, -0.05) is 49.7 Å². The molecule has 1 aromatic carbocycles. The van der Waals surface area contributed by atoms with E-state index in [0.717, 1.165) is 5.56 Å². The van der Waals surface area contributed by atoms with Crippen molar-refractivity contribution in [2.75, 3.05) is 13.2 Å². The lowest BCUT2D eigenvalue weighted by Crippen LogP contribution is -2.30. The number of ketones is 1. The molecular weight excluding hydrogens is 398 g/mol. The Kier molecular flexibility index (Phi) is 8.67. The predicted octanol–water partition coefficient (Wildman–Crippen LogP) is 4.39. The quantitative estimate of drug-likeness (QED) is 0.456. The van der Waals surface area contributed by atoms with Crippen LogP contribution < -0.4 is 5.32 Å². The summed E-state index contributed by atoms with van der Waals surface area (Å²) in [6.45, 7) is 4.41. The van der Waals surface area contributed by atoms with E-state index in [-0.39, 0.29) is 31.1 Å². The van der Waals surface area contributed by atoms with E-state index in [4.69, 9.17) is 16.3 Å². The zero-order chi connectivity index (χ0) is 20.5. The summed E-state index contributed by atoms with van der Waals surface area (Å²) in [7, 11) is 0. The summed E-state index contributed by atoms with van der Waals surface area (Å²) in [5.74, 6) is -0.609. The van der Waals surface area contributed by atoms with E-state index in [9.17, 15) is 14.4 Å². The van der Waals surface area contributed by atoms with E-state index in [1.54, 1.807) is 12.1 Å². The van der Waals surface area contributed by atoms with Crippen molar-refractivity contribution in [1.82, 2.24) is 5.32 Å². The molecule has 150 valence electrons. The van der Waals surface area contributed by atoms with E-state index in [0.29, 0.717) is 28.1 Å². The monoisotopic (exact) mass is 421 g/mol. The van der Waals surface area contributed by atoms with Gasteiger partial charge in [0.2, 0.25) is 0 Å². The average Bonchev–Trinajstić information content (AvgIpc) is 3.11. The number of hydrogen-bond donors (Lipinski definition) is 1. The maximum Gasteiger partial charge on any atom is 0.306 e. The highest BCUT2D eigenvalue weighted by Gasteiger charge is 2.13. The molecule has 0 spiro atoms. The van der Waals surface area contributed by atoms with Gasteiger partial charge < -0.3 is 10.1 Å². The number of thiophene rings is 1. The van der Waals surface area contributed by atoms with Crippen LogP contribution >= 0.6 is 22.9 Å². The summed E-state index contributed by atoms with van der Waals surface area (Å²) >= 11 is 6.96. The molecule has 2 rings (SSSR count). The van der Waals surface area contributed by atoms with E-state index < -0.39 is 5.97 Å². The van der Waals surface area contributed by atoms with Crippen molar-refractivity contribution < 1.29 is 19.1 Å². The van der Waals surface area contributed by atoms with Gasteiger partial charge >= 0.3 is 5.97 Å². The fourth-order valence-electron chi connectivity index (χ4n) is 2.49. The van der Waals surface area contributed by atoms with E-state index in [1.807, 2.05) is 0 Å². The average molecular weight is 422 g/mol. The molecular formula is C21H24ClNO4S. The van der Waals surface area contributed by atoms with Gasteiger partial charge in [-0.2, -0.15) is 0 Å². The van der Waals surface area contributed by atoms with Crippen LogP contribution in [-0.4, -0.2) is 30.8 Å². The molecule has 5 nitrogen and oxygen atoms in total. The van der Waals surface area contributed by atoms with Crippen LogP contribution in [0.1, 0.15) is 53.4 Å². The number of esters is 1. The van der Waals surface area contributed by atoms with Gasteiger partial charge in [0.05, 0.1) is 15.6 Å². The second-order valence-corrected chi connectivity index (χ2v) is 8.40. The van der Waals surface area contributed by atoms with Crippen LogP contribution in [-0.2, 0) is 20.7 Å². The molecule has 0 bridgehead atoms. The van der Waals surface area contributed by atoms with Crippen molar-refractivity contribution >= 4 is 40.6 Å². The Hall–Kier alpha value is -2.18. The molecule has 0 saturated heterocycles. The minimum atomic E-state index is -0.574. The summed E-state index contributed by atoms with van der Waals surface area (Å²) in [5.41, 5.74) is 2.41. The lowest BCUT2D eigenvalue weighted by molar-refractivity contribution is -0.148. The van der Waals surface area contributed by atoms with E-state index >= 15 is 0 Å². The van der Waals surface area contributed by atoms with Crippen molar-refractivity contribution in [3.8, 4) is 0 Å². The number of ether oxygens (including phenoxy) is 1. The predicted molar refractivity (Wildman–Crippen MR) is 111 cm³/mol. The normalized spacial score (nSPS) is 10.7. The first-order chi connectivity index (χ1) is 13.3. The topological polar surface area (TPSA) is 72.5 Å². The number of benzene rings is 1. The number of carbonyl (C=O) groups excluding carboxylic acids is 3. The van der Waals surface area contributed by atoms with Crippen molar-refractivity contribution in [1.29, 1.82) is 0 Å². The first-order valence-corrected chi connectivity index (χ1v) is 10.3. The van der Waals surface area contributed by atoms with Crippen LogP contribution in [0.3, 0.4) is 0 Å². The lowest BCUT2D eigenvalue weighted by atomic mass is 10.0. The van der Waals surface area contributed by atoms with Crippen LogP contribution in [0.5, 0.6) is 0 Å². The number of amides is 1. The molecule has 0 fully saturated rings. The third-order valence-electron chi connectivity index (χ3n) is 4.15. The molecule has 1 amide bonds. The van der Waals surface area contributed by atoms with Crippen LogP contribution in [0.2, 0.25) is 4.34 Å². The number of nitrogens with one attached hydrogen (secondary N) is 1. The summed E-state index contributed by atoms with van der Waals surface area (Å²) in [6.07, 6.45) is 0.670. The molecule has 0 radical (unpaired) electrons. The smallest absolute Gasteiger partial charge is 0.306 e. The van der Waals surface area contributed by atoms with Gasteiger partial charge in [0.15, 0.2) is 12.4 Å². The van der Waals surface area contributed by atoms with Gasteiger partial charge in [-0.3, -0.25) is 14.4 Å². The Bertz CT molecular complexity index is 814. The van der Waals surface area contributed by atoms with Gasteiger partial charge in [0.1, 0.15) is 0 Å². The van der Waals surface area contributed by atoms with Crippen LogP contribution in [0.4, 0.5) is 0 Å². The molecule has 1 aromatic heterocycles. The van der Waals surface area contributed by atoms with Gasteiger partial charge in [-0.15, -0.1) is 11.3 Å². The van der Waals surface area contributed by atoms with Gasteiger partial charge in [0.25, 0.3) is 5.91 Å². The molecule has 7 heteroatoms. The molecule has 0 unspecified atom stereocenters. The molecule has 0 saturated carbocycles. The molecule has 1 heterocycles. The molecule has 0 aliphatic carbocycles. The zero-order valence-electron chi connectivity index (χ0n) is 16.0. The molecule has 0 aliphatic heterocycles. The zero-order valence-corrected chi connectivity index (χ0v) is 17.6. The highest BCUT2D eigenvalue weighted by atomic mass is 35.5. The molecule has 0 atom stereocenters. The standard InChI is InChI=1S/C21H24ClNO4S/c1-14(2)16-5-3-15(4-6-16)11-12-23-20(25)13-27-21(26)10-7-17(24)18-8-9-19(22)28-18/h3-6,8-9,14H,7,10-13H2,1-2H3,(H,23,25). The summed E-state index contributed by atoms with van der Waals surface area (Å²) in [5, 5.41) is 2.72. The number of halogens is 1. The maximum absolute atomic E-state index is 11.9. The van der Waals surface area contributed by atoms with Gasteiger partial charge in [-0.25, -0.2) is 0 Å². The minimum Gasteiger partial charge on any atom is -0.456 e. The minimum absolute atomic E-state index is 0.0314. The number of Topliss-reactive ketones (excluding diaryl/α,β-unsaturated/α-hetero) is 1. The Labute approximate surface area is 174 Å². The van der Waals surface area contributed by atoms with Crippen molar-refractivity contribution in [3.63, 3.8) is 0 Å². The largest absolute Gasteiger partial charge is 0.456 e. The Morgan fingerprint density at radius 1 is 1.07 bits per heavy atom. The maximum atomic E-state index is 11.9. The van der Waals surface area contributed by atoms with Crippen LogP contribution in [0.25, 0.3) is 0 Å². The summed E-state index contributed by atoms with van der Waals surface area (Å²) in [6, 6.07) is 11.6. The third kappa shape index (κ3) is 7.44. The molecule has 28 heavy (non-hydrogen) atoms. The highest BCUT2D eigenvalue weighted by molar-refractivity contribution is 7.18. The van der Waals surface area contributed by atoms with Crippen LogP contribution in [0.15, 0.2) is 36.4 Å². The number of rotatable bonds is 10. The van der Waals surface area contributed by atoms with Crippen molar-refractivity contribution in [2.45, 2.75) is 39.0 Å². The number of carbonyl (C=O) groups is 3. The first kappa shape index (κ1) is 22.1. The lowest BCUT2D eigenvalue weighted by Gasteiger charge is -2.08. The third-order valence-corrected chi connectivity index (χ3v) is 5.42. The highest BCUT2D eigenvalue weighted by Crippen LogP contribution is 2.23. The molecule has 2 aromatic rings. The molecule has 0 aliphatic rings. The molecule has 1 N–H and O–H groups in total. The number of hydrogen-bond acceptors (Lipinski definition) is 5. The SMILES string of the molecule is CC(C)c1ccc(CCNC(=O)COC(=O)CCC(=O)c2ccc(Cl)s2)cc1. The second-order valence-electron chi connectivity index (χ2n) is 6.68. The Morgan fingerprint density at radius 3 is 2.39 bits per heavy atom. The fourth-order valence-corrected chi connectivity index (χ4v) is 3.50. The summed E-state index contributed by atoms with van der Waals surface area (Å²) in [4.78, 5) is 35.9. The van der Waals surface area contributed by atoms with Crippen molar-refractivity contribution in [3.05, 3.63) is 56.7 Å². The van der Waals surface area contributed by atoms with E-state index in [2.05, 4.69) is 43.4 Å². The first-order valence-electron chi connectivity index (χ1n) is 9.15. The fraction of sp³-hybridized carbons (Fsp3) is 0.381.